The van der Waals surface area contributed by atoms with Crippen molar-refractivity contribution in [1.82, 2.24) is 0 Å². The van der Waals surface area contributed by atoms with Crippen molar-refractivity contribution in [2.75, 3.05) is 12.0 Å². The van der Waals surface area contributed by atoms with Crippen LogP contribution >= 0.6 is 0 Å². The average Bonchev–Trinajstić information content (AvgIpc) is 3.15. The molecule has 4 rings (SSSR count). The van der Waals surface area contributed by atoms with Crippen molar-refractivity contribution in [3.05, 3.63) is 30.3 Å². The molecule has 3 fully saturated rings. The van der Waals surface area contributed by atoms with Crippen LogP contribution < -0.4 is 5.43 Å². The van der Waals surface area contributed by atoms with Gasteiger partial charge in [-0.15, -0.1) is 0 Å². The van der Waals surface area contributed by atoms with Crippen molar-refractivity contribution in [3.8, 4) is 0 Å². The second-order valence-electron chi connectivity index (χ2n) is 7.36. The molecule has 1 aromatic carbocycles. The second kappa shape index (κ2) is 6.03. The second-order valence-corrected chi connectivity index (χ2v) is 7.36. The highest BCUT2D eigenvalue weighted by Gasteiger charge is 2.56. The zero-order valence-electron chi connectivity index (χ0n) is 14.9. The Morgan fingerprint density at radius 2 is 1.72 bits per heavy atom. The molecule has 3 aliphatic rings. The van der Waals surface area contributed by atoms with Crippen molar-refractivity contribution in [2.24, 2.45) is 5.10 Å². The maximum atomic E-state index is 6.08. The molecule has 1 N–H and O–H groups in total. The fourth-order valence-electron chi connectivity index (χ4n) is 3.32. The van der Waals surface area contributed by atoms with Crippen molar-refractivity contribution >= 4 is 11.4 Å². The lowest BCUT2D eigenvalue weighted by atomic mass is 10.1. The van der Waals surface area contributed by atoms with Crippen molar-refractivity contribution in [3.63, 3.8) is 0 Å². The molecule has 0 radical (unpaired) electrons. The number of benzene rings is 1. The summed E-state index contributed by atoms with van der Waals surface area (Å²) >= 11 is 0. The third-order valence-corrected chi connectivity index (χ3v) is 4.38. The van der Waals surface area contributed by atoms with E-state index in [1.165, 1.54) is 0 Å². The smallest absolute Gasteiger partial charge is 0.193 e. The van der Waals surface area contributed by atoms with Gasteiger partial charge in [-0.1, -0.05) is 18.2 Å². The third-order valence-electron chi connectivity index (χ3n) is 4.38. The van der Waals surface area contributed by atoms with E-state index in [4.69, 9.17) is 23.7 Å². The molecule has 4 atom stereocenters. The van der Waals surface area contributed by atoms with Gasteiger partial charge in [-0.2, -0.15) is 5.10 Å². The van der Waals surface area contributed by atoms with Gasteiger partial charge in [-0.05, 0) is 39.8 Å². The molecule has 7 nitrogen and oxygen atoms in total. The van der Waals surface area contributed by atoms with Crippen LogP contribution in [0.25, 0.3) is 0 Å². The van der Waals surface area contributed by atoms with E-state index in [1.54, 1.807) is 0 Å². The minimum atomic E-state index is -0.708. The molecule has 0 aliphatic carbocycles. The highest BCUT2D eigenvalue weighted by molar-refractivity contribution is 5.96. The number of rotatable bonds is 3. The van der Waals surface area contributed by atoms with Gasteiger partial charge in [-0.25, -0.2) is 0 Å². The van der Waals surface area contributed by atoms with Gasteiger partial charge < -0.3 is 23.7 Å². The van der Waals surface area contributed by atoms with Crippen LogP contribution in [0.15, 0.2) is 35.4 Å². The van der Waals surface area contributed by atoms with Crippen LogP contribution in [0.4, 0.5) is 5.69 Å². The van der Waals surface area contributed by atoms with E-state index < -0.39 is 17.9 Å². The predicted octanol–water partition coefficient (Wildman–Crippen LogP) is 2.48. The maximum Gasteiger partial charge on any atom is 0.193 e. The van der Waals surface area contributed by atoms with Crippen LogP contribution in [-0.4, -0.2) is 48.5 Å². The van der Waals surface area contributed by atoms with Crippen molar-refractivity contribution < 1.29 is 23.7 Å². The van der Waals surface area contributed by atoms with Gasteiger partial charge >= 0.3 is 0 Å². The van der Waals surface area contributed by atoms with E-state index in [9.17, 15) is 0 Å². The Bertz CT molecular complexity index is 661. The van der Waals surface area contributed by atoms with Gasteiger partial charge in [0.25, 0.3) is 0 Å². The molecule has 136 valence electrons. The van der Waals surface area contributed by atoms with Gasteiger partial charge in [0.2, 0.25) is 0 Å². The Labute approximate surface area is 147 Å². The quantitative estimate of drug-likeness (QED) is 0.847. The summed E-state index contributed by atoms with van der Waals surface area (Å²) in [6.45, 7) is 7.94. The number of hydrogen-bond donors (Lipinski definition) is 1. The average molecular weight is 348 g/mol. The Balaban J connectivity index is 1.58. The first-order valence-electron chi connectivity index (χ1n) is 8.54. The third kappa shape index (κ3) is 3.43. The summed E-state index contributed by atoms with van der Waals surface area (Å²) in [5.74, 6) is -1.34. The van der Waals surface area contributed by atoms with E-state index in [-0.39, 0.29) is 18.3 Å². The van der Waals surface area contributed by atoms with E-state index in [0.717, 1.165) is 11.4 Å². The number of hydrogen-bond acceptors (Lipinski definition) is 7. The zero-order chi connectivity index (χ0) is 17.7. The van der Waals surface area contributed by atoms with Crippen LogP contribution in [0.3, 0.4) is 0 Å². The normalized spacial score (nSPS) is 37.4. The Kier molecular flexibility index (Phi) is 4.09. The first kappa shape index (κ1) is 16.9. The fourth-order valence-corrected chi connectivity index (χ4v) is 3.32. The highest BCUT2D eigenvalue weighted by Crippen LogP contribution is 2.39. The molecular formula is C18H24N2O5. The summed E-state index contributed by atoms with van der Waals surface area (Å²) < 4.78 is 29.6. The molecular weight excluding hydrogens is 324 g/mol. The molecule has 7 heteroatoms. The van der Waals surface area contributed by atoms with Gasteiger partial charge in [0.05, 0.1) is 12.3 Å². The summed E-state index contributed by atoms with van der Waals surface area (Å²) in [5, 5.41) is 4.58. The molecule has 25 heavy (non-hydrogen) atoms. The van der Waals surface area contributed by atoms with Crippen LogP contribution in [0.1, 0.15) is 27.7 Å². The van der Waals surface area contributed by atoms with Gasteiger partial charge in [0.1, 0.15) is 17.9 Å². The van der Waals surface area contributed by atoms with E-state index >= 15 is 0 Å². The number of hydrazone groups is 1. The number of para-hydroxylation sites is 1. The SMILES string of the molecule is CC1(C)OC[C@@H]([C@@H]2O[C@H]3OC(C)(C)O[C@H]3/C2=N\Nc2ccccc2)O1. The monoisotopic (exact) mass is 348 g/mol. The van der Waals surface area contributed by atoms with Crippen LogP contribution in [0.2, 0.25) is 0 Å². The van der Waals surface area contributed by atoms with Crippen molar-refractivity contribution in [2.45, 2.75) is 63.9 Å². The molecule has 3 saturated heterocycles. The molecule has 0 unspecified atom stereocenters. The minimum Gasteiger partial charge on any atom is -0.348 e. The molecule has 3 heterocycles. The lowest BCUT2D eigenvalue weighted by Gasteiger charge is -2.24. The number of fused-ring (bicyclic) bond motifs is 1. The molecule has 0 bridgehead atoms. The zero-order valence-corrected chi connectivity index (χ0v) is 14.9. The molecule has 0 spiro atoms. The first-order valence-corrected chi connectivity index (χ1v) is 8.54. The fraction of sp³-hybridized carbons (Fsp3) is 0.611. The highest BCUT2D eigenvalue weighted by atomic mass is 16.8. The minimum absolute atomic E-state index is 0.257. The summed E-state index contributed by atoms with van der Waals surface area (Å²) in [6.07, 6.45) is -1.51. The summed E-state index contributed by atoms with van der Waals surface area (Å²) in [4.78, 5) is 0. The van der Waals surface area contributed by atoms with E-state index in [0.29, 0.717) is 6.61 Å². The maximum absolute atomic E-state index is 6.08. The number of nitrogens with zero attached hydrogens (tertiary/aromatic N) is 1. The Morgan fingerprint density at radius 3 is 2.40 bits per heavy atom. The standard InChI is InChI=1S/C18H24N2O5/c1-17(2)21-10-12(23-17)14-13(20-19-11-8-6-5-7-9-11)15-16(22-14)25-18(3,4)24-15/h5-9,12,14-16,19H,10H2,1-4H3/b20-13-/t12-,14-,15-,16-/m0/s1. The van der Waals surface area contributed by atoms with Crippen LogP contribution in [-0.2, 0) is 23.7 Å². The van der Waals surface area contributed by atoms with E-state index in [1.807, 2.05) is 58.0 Å². The predicted molar refractivity (Wildman–Crippen MR) is 91.1 cm³/mol. The van der Waals surface area contributed by atoms with Gasteiger partial charge in [0, 0.05) is 0 Å². The van der Waals surface area contributed by atoms with Gasteiger partial charge in [0.15, 0.2) is 24.0 Å². The van der Waals surface area contributed by atoms with Crippen molar-refractivity contribution in [1.29, 1.82) is 0 Å². The number of nitrogens with one attached hydrogen (secondary N) is 1. The summed E-state index contributed by atoms with van der Waals surface area (Å²) in [7, 11) is 0. The first-order chi connectivity index (χ1) is 11.8. The molecule has 3 aliphatic heterocycles. The number of anilines is 1. The van der Waals surface area contributed by atoms with Crippen LogP contribution in [0, 0.1) is 0 Å². The molecule has 0 amide bonds. The summed E-state index contributed by atoms with van der Waals surface area (Å²) in [5.41, 5.74) is 4.69. The molecule has 0 aromatic heterocycles. The molecule has 1 aromatic rings. The summed E-state index contributed by atoms with van der Waals surface area (Å²) in [6, 6.07) is 9.74. The lowest BCUT2D eigenvalue weighted by Crippen LogP contribution is -2.40. The van der Waals surface area contributed by atoms with Crippen LogP contribution in [0.5, 0.6) is 0 Å². The largest absolute Gasteiger partial charge is 0.348 e. The molecule has 0 saturated carbocycles. The van der Waals surface area contributed by atoms with E-state index in [2.05, 4.69) is 10.5 Å². The lowest BCUT2D eigenvalue weighted by molar-refractivity contribution is -0.211. The number of ether oxygens (including phenoxy) is 5. The topological polar surface area (TPSA) is 70.5 Å². The Hall–Kier alpha value is -1.51. The Morgan fingerprint density at radius 1 is 0.960 bits per heavy atom. The van der Waals surface area contributed by atoms with Gasteiger partial charge in [-0.3, -0.25) is 5.43 Å².